The molecule has 8 nitrogen and oxygen atoms in total. The summed E-state index contributed by atoms with van der Waals surface area (Å²) in [7, 11) is 0. The molecule has 0 saturated heterocycles. The molecule has 3 aromatic rings. The lowest BCUT2D eigenvalue weighted by atomic mass is 9.91. The minimum Gasteiger partial charge on any atom is -0.365 e. The van der Waals surface area contributed by atoms with Gasteiger partial charge >= 0.3 is 0 Å². The highest BCUT2D eigenvalue weighted by atomic mass is 32.1. The summed E-state index contributed by atoms with van der Waals surface area (Å²) in [5, 5.41) is 7.99. The van der Waals surface area contributed by atoms with Crippen LogP contribution in [0.1, 0.15) is 36.0 Å². The number of thiazole rings is 1. The molecule has 1 aliphatic carbocycles. The van der Waals surface area contributed by atoms with E-state index in [1.807, 2.05) is 0 Å². The summed E-state index contributed by atoms with van der Waals surface area (Å²) in [4.78, 5) is 24.5. The molecule has 4 rings (SSSR count). The predicted octanol–water partition coefficient (Wildman–Crippen LogP) is 3.26. The Labute approximate surface area is 177 Å². The zero-order valence-corrected chi connectivity index (χ0v) is 17.0. The van der Waals surface area contributed by atoms with Crippen LogP contribution in [0.5, 0.6) is 0 Å². The van der Waals surface area contributed by atoms with Crippen molar-refractivity contribution < 1.29 is 9.18 Å². The van der Waals surface area contributed by atoms with E-state index in [1.165, 1.54) is 23.6 Å². The molecule has 6 N–H and O–H groups in total. The molecule has 0 unspecified atom stereocenters. The maximum Gasteiger partial charge on any atom is 0.254 e. The number of nitrogens with zero attached hydrogens (tertiary/aromatic N) is 3. The zero-order valence-electron chi connectivity index (χ0n) is 16.1. The lowest BCUT2D eigenvalue weighted by Crippen LogP contribution is -2.43. The lowest BCUT2D eigenvalue weighted by molar-refractivity contribution is 0.100. The number of carbonyl (C=O) groups is 1. The molecule has 1 aromatic carbocycles. The van der Waals surface area contributed by atoms with Gasteiger partial charge in [0.15, 0.2) is 0 Å². The van der Waals surface area contributed by atoms with Gasteiger partial charge in [-0.25, -0.2) is 14.4 Å². The number of hydrogen-bond acceptors (Lipinski definition) is 8. The van der Waals surface area contributed by atoms with Gasteiger partial charge in [-0.3, -0.25) is 4.79 Å². The Bertz CT molecular complexity index is 1040. The van der Waals surface area contributed by atoms with Crippen LogP contribution >= 0.6 is 11.3 Å². The van der Waals surface area contributed by atoms with E-state index in [2.05, 4.69) is 25.6 Å². The molecule has 0 radical (unpaired) electrons. The number of nitrogens with two attached hydrogens (primary N) is 2. The van der Waals surface area contributed by atoms with Gasteiger partial charge in [-0.05, 0) is 31.0 Å². The minimum absolute atomic E-state index is 0.0157. The number of nitrogens with one attached hydrogen (secondary N) is 2. The second kappa shape index (κ2) is 8.72. The fraction of sp³-hybridized carbons (Fsp3) is 0.300. The van der Waals surface area contributed by atoms with Crippen molar-refractivity contribution in [3.63, 3.8) is 0 Å². The molecular weight excluding hydrogens is 405 g/mol. The SMILES string of the molecule is NC(=O)c1cnc(N[C@@H]2CCCC[C@@H]2N)nc1Nc1ccc(-c2cscn2)c(F)c1. The highest BCUT2D eigenvalue weighted by molar-refractivity contribution is 7.07. The van der Waals surface area contributed by atoms with Gasteiger partial charge in [0, 0.05) is 34.9 Å². The third-order valence-electron chi connectivity index (χ3n) is 5.13. The molecular formula is C20H22FN7OS. The number of anilines is 3. The first-order valence-corrected chi connectivity index (χ1v) is 10.6. The molecule has 1 saturated carbocycles. The number of aromatic nitrogens is 3. The second-order valence-corrected chi connectivity index (χ2v) is 7.93. The topological polar surface area (TPSA) is 132 Å². The van der Waals surface area contributed by atoms with Crippen molar-refractivity contribution in [1.29, 1.82) is 0 Å². The van der Waals surface area contributed by atoms with Gasteiger partial charge < -0.3 is 22.1 Å². The van der Waals surface area contributed by atoms with Crippen LogP contribution in [-0.4, -0.2) is 32.9 Å². The molecule has 1 aliphatic rings. The summed E-state index contributed by atoms with van der Waals surface area (Å²) >= 11 is 1.39. The molecule has 10 heteroatoms. The van der Waals surface area contributed by atoms with Crippen LogP contribution in [0.3, 0.4) is 0 Å². The van der Waals surface area contributed by atoms with Gasteiger partial charge in [0.2, 0.25) is 5.95 Å². The molecule has 2 atom stereocenters. The van der Waals surface area contributed by atoms with Gasteiger partial charge in [0.25, 0.3) is 5.91 Å². The lowest BCUT2D eigenvalue weighted by Gasteiger charge is -2.29. The van der Waals surface area contributed by atoms with E-state index >= 15 is 0 Å². The highest BCUT2D eigenvalue weighted by Gasteiger charge is 2.23. The molecule has 1 amide bonds. The van der Waals surface area contributed by atoms with Gasteiger partial charge in [0.1, 0.15) is 17.2 Å². The fourth-order valence-electron chi connectivity index (χ4n) is 3.51. The van der Waals surface area contributed by atoms with Gasteiger partial charge in [0.05, 0.1) is 11.2 Å². The van der Waals surface area contributed by atoms with Crippen molar-refractivity contribution in [2.24, 2.45) is 11.5 Å². The molecule has 156 valence electrons. The van der Waals surface area contributed by atoms with Crippen LogP contribution in [0.25, 0.3) is 11.3 Å². The van der Waals surface area contributed by atoms with E-state index in [0.29, 0.717) is 22.9 Å². The molecule has 1 fully saturated rings. The van der Waals surface area contributed by atoms with E-state index in [4.69, 9.17) is 11.5 Å². The van der Waals surface area contributed by atoms with Crippen LogP contribution in [0.2, 0.25) is 0 Å². The molecule has 0 bridgehead atoms. The average Bonchev–Trinajstić information content (AvgIpc) is 3.24. The molecule has 0 spiro atoms. The molecule has 2 heterocycles. The van der Waals surface area contributed by atoms with Crippen molar-refractivity contribution in [1.82, 2.24) is 15.0 Å². The Balaban J connectivity index is 1.59. The Morgan fingerprint density at radius 2 is 2.07 bits per heavy atom. The van der Waals surface area contributed by atoms with Crippen LogP contribution < -0.4 is 22.1 Å². The van der Waals surface area contributed by atoms with E-state index in [0.717, 1.165) is 25.7 Å². The third kappa shape index (κ3) is 4.39. The minimum atomic E-state index is -0.682. The molecule has 2 aromatic heterocycles. The summed E-state index contributed by atoms with van der Waals surface area (Å²) < 4.78 is 14.6. The van der Waals surface area contributed by atoms with Crippen LogP contribution in [0.4, 0.5) is 21.8 Å². The van der Waals surface area contributed by atoms with E-state index in [-0.39, 0.29) is 23.5 Å². The average molecular weight is 428 g/mol. The van der Waals surface area contributed by atoms with E-state index in [1.54, 1.807) is 23.0 Å². The molecule has 30 heavy (non-hydrogen) atoms. The van der Waals surface area contributed by atoms with Crippen LogP contribution in [0.15, 0.2) is 35.3 Å². The second-order valence-electron chi connectivity index (χ2n) is 7.21. The Morgan fingerprint density at radius 3 is 2.77 bits per heavy atom. The zero-order chi connectivity index (χ0) is 21.1. The van der Waals surface area contributed by atoms with Crippen LogP contribution in [-0.2, 0) is 0 Å². The number of amides is 1. The highest BCUT2D eigenvalue weighted by Crippen LogP contribution is 2.28. The maximum absolute atomic E-state index is 14.6. The monoisotopic (exact) mass is 427 g/mol. The summed E-state index contributed by atoms with van der Waals surface area (Å²) in [6.07, 6.45) is 5.41. The van der Waals surface area contributed by atoms with Crippen molar-refractivity contribution >= 4 is 34.7 Å². The van der Waals surface area contributed by atoms with Crippen LogP contribution in [0, 0.1) is 5.82 Å². The van der Waals surface area contributed by atoms with Crippen molar-refractivity contribution in [2.45, 2.75) is 37.8 Å². The van der Waals surface area contributed by atoms with Crippen molar-refractivity contribution in [3.8, 4) is 11.3 Å². The van der Waals surface area contributed by atoms with E-state index in [9.17, 15) is 9.18 Å². The third-order valence-corrected chi connectivity index (χ3v) is 5.71. The summed E-state index contributed by atoms with van der Waals surface area (Å²) in [6.45, 7) is 0. The Hall–Kier alpha value is -3.11. The number of hydrogen-bond donors (Lipinski definition) is 4. The molecule has 0 aliphatic heterocycles. The fourth-order valence-corrected chi connectivity index (χ4v) is 4.07. The number of halogens is 1. The summed E-state index contributed by atoms with van der Waals surface area (Å²) in [5.41, 5.74) is 14.8. The van der Waals surface area contributed by atoms with Crippen molar-refractivity contribution in [2.75, 3.05) is 10.6 Å². The predicted molar refractivity (Wildman–Crippen MR) is 115 cm³/mol. The normalized spacial score (nSPS) is 18.7. The first-order chi connectivity index (χ1) is 14.5. The largest absolute Gasteiger partial charge is 0.365 e. The summed E-state index contributed by atoms with van der Waals surface area (Å²) in [5.74, 6) is -0.584. The number of primary amides is 1. The Morgan fingerprint density at radius 1 is 1.23 bits per heavy atom. The smallest absolute Gasteiger partial charge is 0.254 e. The number of benzene rings is 1. The summed E-state index contributed by atoms with van der Waals surface area (Å²) in [6, 6.07) is 4.71. The maximum atomic E-state index is 14.6. The van der Waals surface area contributed by atoms with Gasteiger partial charge in [-0.15, -0.1) is 11.3 Å². The van der Waals surface area contributed by atoms with E-state index < -0.39 is 11.7 Å². The quantitative estimate of drug-likeness (QED) is 0.475. The Kier molecular flexibility index (Phi) is 5.86. The first-order valence-electron chi connectivity index (χ1n) is 9.65. The number of rotatable bonds is 6. The van der Waals surface area contributed by atoms with Crippen molar-refractivity contribution in [3.05, 3.63) is 46.7 Å². The number of carbonyl (C=O) groups excluding carboxylic acids is 1. The van der Waals surface area contributed by atoms with Gasteiger partial charge in [-0.1, -0.05) is 12.8 Å². The first kappa shape index (κ1) is 20.2. The van der Waals surface area contributed by atoms with Gasteiger partial charge in [-0.2, -0.15) is 4.98 Å². The standard InChI is InChI=1S/C20H22FN7OS/c21-14-7-11(5-6-12(14)17-9-30-10-25-17)26-19-13(18(23)29)8-24-20(28-19)27-16-4-2-1-3-15(16)22/h5-10,15-16H,1-4,22H2,(H2,23,29)(H2,24,26,27,28)/t15-,16+/m0/s1.